The Morgan fingerprint density at radius 3 is 2.33 bits per heavy atom. The van der Waals surface area contributed by atoms with Gasteiger partial charge in [0.05, 0.1) is 0 Å². The van der Waals surface area contributed by atoms with Gasteiger partial charge in [-0.2, -0.15) is 26.3 Å². The largest absolute Gasteiger partial charge is 0.492 e. The van der Waals surface area contributed by atoms with E-state index in [0.717, 1.165) is 0 Å². The van der Waals surface area contributed by atoms with Crippen molar-refractivity contribution in [1.29, 1.82) is 0 Å². The fraction of sp³-hybridized carbons (Fsp3) is 0.800. The molecule has 0 aliphatic rings. The van der Waals surface area contributed by atoms with E-state index in [4.69, 9.17) is 5.73 Å². The topological polar surface area (TPSA) is 98.5 Å². The highest BCUT2D eigenvalue weighted by Crippen LogP contribution is 2.17. The number of nitrogens with one attached hydrogen (secondary N) is 1. The molecule has 0 radical (unpaired) electrons. The van der Waals surface area contributed by atoms with Gasteiger partial charge in [0.1, 0.15) is 0 Å². The summed E-state index contributed by atoms with van der Waals surface area (Å²) in [5, 5.41) is 0. The zero-order chi connectivity index (χ0) is 12.1. The van der Waals surface area contributed by atoms with E-state index in [1.165, 1.54) is 0 Å². The first-order valence-electron chi connectivity index (χ1n) is 3.69. The number of alkyl halides is 3. The molecule has 6 nitrogen and oxygen atoms in total. The molecule has 0 amide bonds. The minimum absolute atomic E-state index is 0.149. The second kappa shape index (κ2) is 5.28. The zero-order valence-electron chi connectivity index (χ0n) is 7.37. The Morgan fingerprint density at radius 2 is 1.93 bits per heavy atom. The van der Waals surface area contributed by atoms with E-state index in [1.807, 2.05) is 0 Å². The maximum absolute atomic E-state index is 11.6. The van der Waals surface area contributed by atoms with E-state index in [1.54, 1.807) is 4.72 Å². The van der Waals surface area contributed by atoms with Gasteiger partial charge in [-0.3, -0.25) is 0 Å². The van der Waals surface area contributed by atoms with Crippen LogP contribution in [0.5, 0.6) is 0 Å². The van der Waals surface area contributed by atoms with Crippen molar-refractivity contribution >= 4 is 16.3 Å². The van der Waals surface area contributed by atoms with Gasteiger partial charge in [-0.15, -0.1) is 0 Å². The van der Waals surface area contributed by atoms with Gasteiger partial charge < -0.3 is 9.92 Å². The van der Waals surface area contributed by atoms with E-state index >= 15 is 0 Å². The number of hydrogen-bond acceptors (Lipinski definition) is 5. The van der Waals surface area contributed by atoms with Crippen LogP contribution in [0.1, 0.15) is 6.42 Å². The first kappa shape index (κ1) is 14.1. The molecule has 0 aromatic rings. The van der Waals surface area contributed by atoms with Crippen LogP contribution < -0.4 is 10.5 Å². The van der Waals surface area contributed by atoms with E-state index < -0.39 is 22.4 Å². The van der Waals surface area contributed by atoms with Gasteiger partial charge in [0, 0.05) is 6.54 Å². The minimum atomic E-state index is -5.34. The number of rotatable bonds is 5. The van der Waals surface area contributed by atoms with Crippen LogP contribution in [0, 0.1) is 0 Å². The lowest BCUT2D eigenvalue weighted by Crippen LogP contribution is -2.35. The van der Waals surface area contributed by atoms with Crippen molar-refractivity contribution in [2.45, 2.75) is 12.6 Å². The Kier molecular flexibility index (Phi) is 4.97. The normalized spacial score (nSPS) is 12.5. The molecular weight excluding hydrogens is 241 g/mol. The molecule has 0 saturated heterocycles. The molecule has 10 heteroatoms. The Morgan fingerprint density at radius 1 is 1.40 bits per heavy atom. The molecule has 0 saturated carbocycles. The van der Waals surface area contributed by atoms with E-state index in [9.17, 15) is 26.4 Å². The van der Waals surface area contributed by atoms with Crippen LogP contribution in [-0.2, 0) is 19.3 Å². The molecule has 90 valence electrons. The monoisotopic (exact) mass is 250 g/mol. The SMILES string of the molecule is NCCCNS(=O)(=O)OC(=O)C(F)(F)F. The first-order valence-corrected chi connectivity index (χ1v) is 5.10. The Labute approximate surface area is 83.8 Å². The van der Waals surface area contributed by atoms with Gasteiger partial charge in [-0.1, -0.05) is 0 Å². The molecule has 0 bridgehead atoms. The van der Waals surface area contributed by atoms with Gasteiger partial charge in [0.2, 0.25) is 0 Å². The predicted octanol–water partition coefficient (Wildman–Crippen LogP) is -0.725. The number of halogens is 3. The molecule has 3 N–H and O–H groups in total. The third-order valence-electron chi connectivity index (χ3n) is 1.08. The average Bonchev–Trinajstić information content (AvgIpc) is 2.01. The summed E-state index contributed by atoms with van der Waals surface area (Å²) in [4.78, 5) is 10.1. The summed E-state index contributed by atoms with van der Waals surface area (Å²) in [5.41, 5.74) is 5.01. The molecule has 15 heavy (non-hydrogen) atoms. The molecule has 0 aliphatic carbocycles. The molecule has 0 spiro atoms. The number of carbonyl (C=O) groups excluding carboxylic acids is 1. The summed E-state index contributed by atoms with van der Waals surface area (Å²) in [6, 6.07) is 0. The summed E-state index contributed by atoms with van der Waals surface area (Å²) >= 11 is 0. The number of hydrogen-bond donors (Lipinski definition) is 2. The molecule has 0 aliphatic heterocycles. The zero-order valence-corrected chi connectivity index (χ0v) is 8.19. The third-order valence-corrected chi connectivity index (χ3v) is 2.01. The smallest absolute Gasteiger partial charge is 0.330 e. The van der Waals surface area contributed by atoms with Gasteiger partial charge in [0.25, 0.3) is 0 Å². The fourth-order valence-corrected chi connectivity index (χ4v) is 1.22. The summed E-state index contributed by atoms with van der Waals surface area (Å²) < 4.78 is 60.9. The third kappa shape index (κ3) is 6.25. The Bertz CT molecular complexity index is 313. The van der Waals surface area contributed by atoms with Gasteiger partial charge >= 0.3 is 22.4 Å². The predicted molar refractivity (Wildman–Crippen MR) is 42.7 cm³/mol. The summed E-state index contributed by atoms with van der Waals surface area (Å²) in [7, 11) is -4.71. The highest BCUT2D eigenvalue weighted by molar-refractivity contribution is 7.85. The first-order chi connectivity index (χ1) is 6.69. The van der Waals surface area contributed by atoms with Crippen LogP contribution in [-0.4, -0.2) is 33.7 Å². The fourth-order valence-electron chi connectivity index (χ4n) is 0.476. The minimum Gasteiger partial charge on any atom is -0.330 e. The number of carbonyl (C=O) groups is 1. The highest BCUT2D eigenvalue weighted by Gasteiger charge is 2.43. The molecule has 0 heterocycles. The molecule has 0 rings (SSSR count). The van der Waals surface area contributed by atoms with Gasteiger partial charge in [0.15, 0.2) is 0 Å². The Hall–Kier alpha value is -0.870. The van der Waals surface area contributed by atoms with E-state index in [-0.39, 0.29) is 19.5 Å². The second-order valence-corrected chi connectivity index (χ2v) is 3.72. The summed E-state index contributed by atoms with van der Waals surface area (Å²) in [5.74, 6) is -2.79. The molecule has 0 unspecified atom stereocenters. The van der Waals surface area contributed by atoms with Crippen molar-refractivity contribution in [1.82, 2.24) is 4.72 Å². The van der Waals surface area contributed by atoms with Crippen LogP contribution >= 0.6 is 0 Å². The average molecular weight is 250 g/mol. The van der Waals surface area contributed by atoms with Crippen LogP contribution in [0.4, 0.5) is 13.2 Å². The maximum atomic E-state index is 11.6. The van der Waals surface area contributed by atoms with Crippen LogP contribution in [0.2, 0.25) is 0 Å². The molecule has 0 aromatic heterocycles. The lowest BCUT2D eigenvalue weighted by molar-refractivity contribution is -0.189. The molecule has 0 fully saturated rings. The van der Waals surface area contributed by atoms with E-state index in [2.05, 4.69) is 4.18 Å². The highest BCUT2D eigenvalue weighted by atomic mass is 32.2. The van der Waals surface area contributed by atoms with Gasteiger partial charge in [-0.25, -0.2) is 4.79 Å². The van der Waals surface area contributed by atoms with Crippen LogP contribution in [0.15, 0.2) is 0 Å². The van der Waals surface area contributed by atoms with Crippen molar-refractivity contribution in [3.63, 3.8) is 0 Å². The van der Waals surface area contributed by atoms with Crippen molar-refractivity contribution < 1.29 is 30.6 Å². The summed E-state index contributed by atoms with van der Waals surface area (Å²) in [6.45, 7) is -0.0558. The molecular formula is C5H9F3N2O4S. The quantitative estimate of drug-likeness (QED) is 0.627. The lowest BCUT2D eigenvalue weighted by Gasteiger charge is -2.07. The van der Waals surface area contributed by atoms with Crippen molar-refractivity contribution in [3.8, 4) is 0 Å². The van der Waals surface area contributed by atoms with Crippen molar-refractivity contribution in [3.05, 3.63) is 0 Å². The van der Waals surface area contributed by atoms with E-state index in [0.29, 0.717) is 0 Å². The maximum Gasteiger partial charge on any atom is 0.492 e. The molecule has 0 atom stereocenters. The summed E-state index contributed by atoms with van der Waals surface area (Å²) in [6.07, 6.45) is -5.13. The van der Waals surface area contributed by atoms with Crippen LogP contribution in [0.25, 0.3) is 0 Å². The van der Waals surface area contributed by atoms with Crippen LogP contribution in [0.3, 0.4) is 0 Å². The molecule has 0 aromatic carbocycles. The van der Waals surface area contributed by atoms with Gasteiger partial charge in [-0.05, 0) is 13.0 Å². The van der Waals surface area contributed by atoms with Crippen molar-refractivity contribution in [2.24, 2.45) is 5.73 Å². The lowest BCUT2D eigenvalue weighted by atomic mass is 10.4. The Balaban J connectivity index is 4.22. The number of nitrogens with two attached hydrogens (primary N) is 1. The van der Waals surface area contributed by atoms with Crippen molar-refractivity contribution in [2.75, 3.05) is 13.1 Å². The standard InChI is InChI=1S/C5H9F3N2O4S/c6-5(7,8)4(11)14-15(12,13)10-3-1-2-9/h10H,1-3,9H2. The second-order valence-electron chi connectivity index (χ2n) is 2.36.